The second kappa shape index (κ2) is 11.3. The highest BCUT2D eigenvalue weighted by Gasteiger charge is 2.34. The van der Waals surface area contributed by atoms with Crippen LogP contribution in [0.15, 0.2) is 42.5 Å². The zero-order valence-corrected chi connectivity index (χ0v) is 21.8. The Kier molecular flexibility index (Phi) is 7.88. The van der Waals surface area contributed by atoms with Crippen LogP contribution in [0.5, 0.6) is 0 Å². The molecule has 5 heteroatoms. The van der Waals surface area contributed by atoms with E-state index in [9.17, 15) is 4.39 Å². The summed E-state index contributed by atoms with van der Waals surface area (Å²) in [5.74, 6) is -2.69. The second-order valence-corrected chi connectivity index (χ2v) is 11.0. The van der Waals surface area contributed by atoms with Crippen LogP contribution in [0, 0.1) is 40.5 Å². The minimum Gasteiger partial charge on any atom is -0.207 e. The van der Waals surface area contributed by atoms with Gasteiger partial charge in [0.05, 0.1) is 11.6 Å². The molecule has 1 nitrogen and oxygen atoms in total. The Hall–Kier alpha value is -3.13. The van der Waals surface area contributed by atoms with Gasteiger partial charge in [-0.15, -0.1) is 0 Å². The first-order valence-corrected chi connectivity index (χ1v) is 13.8. The molecule has 0 saturated heterocycles. The number of nitrogens with zero attached hydrogens (tertiary/aromatic N) is 1. The molecule has 2 aliphatic carbocycles. The smallest absolute Gasteiger partial charge is 0.165 e. The Morgan fingerprint density at radius 2 is 1.53 bits per heavy atom. The summed E-state index contributed by atoms with van der Waals surface area (Å²) < 4.78 is 60.8. The Bertz CT molecular complexity index is 1350. The molecule has 0 aromatic heterocycles. The van der Waals surface area contributed by atoms with Crippen molar-refractivity contribution < 1.29 is 17.6 Å². The van der Waals surface area contributed by atoms with E-state index in [0.717, 1.165) is 30.4 Å². The minimum absolute atomic E-state index is 0.0646. The van der Waals surface area contributed by atoms with E-state index in [-0.39, 0.29) is 41.1 Å². The highest BCUT2D eigenvalue weighted by Crippen LogP contribution is 2.44. The van der Waals surface area contributed by atoms with Gasteiger partial charge in [-0.3, -0.25) is 0 Å². The lowest BCUT2D eigenvalue weighted by molar-refractivity contribution is 0.354. The minimum atomic E-state index is -1.02. The van der Waals surface area contributed by atoms with E-state index >= 15 is 13.2 Å². The molecule has 5 rings (SSSR count). The van der Waals surface area contributed by atoms with Crippen LogP contribution in [-0.2, 0) is 25.7 Å². The fraction of sp³-hybridized carbons (Fsp3) is 0.424. The van der Waals surface area contributed by atoms with E-state index in [1.807, 2.05) is 31.2 Å². The number of fused-ring (bicyclic) bond motifs is 1. The standard InChI is InChI=1S/C33H33F4N/c1-2-20-3-10-25(29(34)18-20)11-4-21-7-16-27-28(17-21)32(36)33(37)30(31(27)35)26-14-12-24(13-15-26)23-8-5-22(19-38)6-9-23/h3,5-6,8-10,18,21,24,26H,2,4,7,11-17H2,1H3. The Balaban J connectivity index is 1.27. The molecule has 0 amide bonds. The van der Waals surface area contributed by atoms with Crippen molar-refractivity contribution in [2.75, 3.05) is 0 Å². The van der Waals surface area contributed by atoms with E-state index in [1.54, 1.807) is 18.2 Å². The topological polar surface area (TPSA) is 23.8 Å². The highest BCUT2D eigenvalue weighted by atomic mass is 19.2. The quantitative estimate of drug-likeness (QED) is 0.236. The molecule has 0 bridgehead atoms. The number of rotatable bonds is 6. The number of halogens is 4. The maximum atomic E-state index is 15.7. The molecular weight excluding hydrogens is 486 g/mol. The summed E-state index contributed by atoms with van der Waals surface area (Å²) >= 11 is 0. The lowest BCUT2D eigenvalue weighted by Crippen LogP contribution is -2.22. The van der Waals surface area contributed by atoms with Gasteiger partial charge in [-0.05, 0) is 128 Å². The predicted octanol–water partition coefficient (Wildman–Crippen LogP) is 8.86. The normalized spacial score (nSPS) is 21.1. The Labute approximate surface area is 222 Å². The predicted molar refractivity (Wildman–Crippen MR) is 141 cm³/mol. The van der Waals surface area contributed by atoms with Gasteiger partial charge in [0.15, 0.2) is 11.6 Å². The fourth-order valence-corrected chi connectivity index (χ4v) is 6.51. The first kappa shape index (κ1) is 26.5. The van der Waals surface area contributed by atoms with Crippen molar-refractivity contribution in [1.29, 1.82) is 5.26 Å². The molecule has 0 radical (unpaired) electrons. The van der Waals surface area contributed by atoms with Crippen molar-refractivity contribution in [2.45, 2.75) is 83.0 Å². The van der Waals surface area contributed by atoms with E-state index in [4.69, 9.17) is 5.26 Å². The summed E-state index contributed by atoms with van der Waals surface area (Å²) in [5.41, 5.74) is 3.76. The van der Waals surface area contributed by atoms with Crippen LogP contribution in [-0.4, -0.2) is 0 Å². The number of aryl methyl sites for hydroxylation is 2. The van der Waals surface area contributed by atoms with Crippen LogP contribution in [0.2, 0.25) is 0 Å². The van der Waals surface area contributed by atoms with Gasteiger partial charge in [-0.2, -0.15) is 5.26 Å². The van der Waals surface area contributed by atoms with Crippen molar-refractivity contribution in [3.8, 4) is 6.07 Å². The number of benzene rings is 3. The molecule has 1 atom stereocenters. The monoisotopic (exact) mass is 519 g/mol. The molecule has 38 heavy (non-hydrogen) atoms. The van der Waals surface area contributed by atoms with Crippen LogP contribution in [0.25, 0.3) is 0 Å². The summed E-state index contributed by atoms with van der Waals surface area (Å²) in [6.45, 7) is 1.98. The Morgan fingerprint density at radius 1 is 0.816 bits per heavy atom. The maximum Gasteiger partial charge on any atom is 0.165 e. The lowest BCUT2D eigenvalue weighted by Gasteiger charge is -2.32. The van der Waals surface area contributed by atoms with Gasteiger partial charge in [0.25, 0.3) is 0 Å². The van der Waals surface area contributed by atoms with E-state index < -0.39 is 17.5 Å². The second-order valence-electron chi connectivity index (χ2n) is 11.0. The van der Waals surface area contributed by atoms with Crippen molar-refractivity contribution in [3.63, 3.8) is 0 Å². The molecule has 0 aliphatic heterocycles. The van der Waals surface area contributed by atoms with E-state index in [1.165, 1.54) is 0 Å². The van der Waals surface area contributed by atoms with Crippen LogP contribution in [0.4, 0.5) is 17.6 Å². The van der Waals surface area contributed by atoms with Crippen molar-refractivity contribution in [2.24, 2.45) is 5.92 Å². The van der Waals surface area contributed by atoms with Crippen LogP contribution < -0.4 is 0 Å². The number of hydrogen-bond acceptors (Lipinski definition) is 1. The van der Waals surface area contributed by atoms with Crippen LogP contribution in [0.3, 0.4) is 0 Å². The fourth-order valence-electron chi connectivity index (χ4n) is 6.51. The third kappa shape index (κ3) is 5.23. The zero-order valence-electron chi connectivity index (χ0n) is 21.8. The van der Waals surface area contributed by atoms with E-state index in [0.29, 0.717) is 55.2 Å². The third-order valence-electron chi connectivity index (χ3n) is 8.85. The molecule has 2 aliphatic rings. The molecule has 0 heterocycles. The number of nitriles is 1. The van der Waals surface area contributed by atoms with Gasteiger partial charge in [-0.25, -0.2) is 17.6 Å². The third-order valence-corrected chi connectivity index (χ3v) is 8.85. The summed E-state index contributed by atoms with van der Waals surface area (Å²) in [7, 11) is 0. The number of hydrogen-bond donors (Lipinski definition) is 0. The summed E-state index contributed by atoms with van der Waals surface area (Å²) in [5, 5.41) is 9.01. The van der Waals surface area contributed by atoms with Gasteiger partial charge in [0, 0.05) is 5.56 Å². The average Bonchev–Trinajstić information content (AvgIpc) is 2.95. The molecule has 0 spiro atoms. The van der Waals surface area contributed by atoms with Crippen LogP contribution in [0.1, 0.15) is 96.2 Å². The van der Waals surface area contributed by atoms with Crippen molar-refractivity contribution in [1.82, 2.24) is 0 Å². The maximum absolute atomic E-state index is 15.7. The van der Waals surface area contributed by atoms with Gasteiger partial charge in [0.1, 0.15) is 11.6 Å². The van der Waals surface area contributed by atoms with Gasteiger partial charge in [0.2, 0.25) is 0 Å². The summed E-state index contributed by atoms with van der Waals surface area (Å²) in [4.78, 5) is 0. The molecule has 3 aromatic carbocycles. The first-order valence-electron chi connectivity index (χ1n) is 13.8. The first-order chi connectivity index (χ1) is 18.4. The molecule has 0 N–H and O–H groups in total. The van der Waals surface area contributed by atoms with Crippen LogP contribution >= 0.6 is 0 Å². The average molecular weight is 520 g/mol. The SMILES string of the molecule is CCc1ccc(CCC2CCc3c(F)c(C4CCC(c5ccc(C#N)cc5)CC4)c(F)c(F)c3C2)c(F)c1. The molecule has 198 valence electrons. The molecule has 3 aromatic rings. The van der Waals surface area contributed by atoms with Crippen molar-refractivity contribution in [3.05, 3.63) is 105 Å². The largest absolute Gasteiger partial charge is 0.207 e. The molecular formula is C33H33F4N. The van der Waals surface area contributed by atoms with Gasteiger partial charge >= 0.3 is 0 Å². The zero-order chi connectivity index (χ0) is 26.8. The summed E-state index contributed by atoms with van der Waals surface area (Å²) in [6, 6.07) is 14.9. The Morgan fingerprint density at radius 3 is 2.18 bits per heavy atom. The van der Waals surface area contributed by atoms with Gasteiger partial charge < -0.3 is 0 Å². The molecule has 1 unspecified atom stereocenters. The highest BCUT2D eigenvalue weighted by molar-refractivity contribution is 5.41. The molecule has 1 fully saturated rings. The molecule has 1 saturated carbocycles. The van der Waals surface area contributed by atoms with Gasteiger partial charge in [-0.1, -0.05) is 31.2 Å². The van der Waals surface area contributed by atoms with E-state index in [2.05, 4.69) is 6.07 Å². The summed E-state index contributed by atoms with van der Waals surface area (Å²) in [6.07, 6.45) is 6.06. The van der Waals surface area contributed by atoms with Crippen molar-refractivity contribution >= 4 is 0 Å². The lowest BCUT2D eigenvalue weighted by atomic mass is 9.73.